The summed E-state index contributed by atoms with van der Waals surface area (Å²) in [6.07, 6.45) is 6.56. The second-order valence-corrected chi connectivity index (χ2v) is 4.52. The van der Waals surface area contributed by atoms with Crippen LogP contribution >= 0.6 is 0 Å². The van der Waals surface area contributed by atoms with E-state index in [0.29, 0.717) is 6.61 Å². The summed E-state index contributed by atoms with van der Waals surface area (Å²) >= 11 is 0. The lowest BCUT2D eigenvalue weighted by Gasteiger charge is -2.11. The smallest absolute Gasteiger partial charge is 0.161 e. The van der Waals surface area contributed by atoms with Gasteiger partial charge < -0.3 is 14.8 Å². The van der Waals surface area contributed by atoms with Crippen molar-refractivity contribution in [3.63, 3.8) is 0 Å². The number of nitrogens with one attached hydrogen (secondary N) is 1. The normalized spacial score (nSPS) is 15.0. The SMILES string of the molecule is C/C=C/COc1ccc(CNC2CC2)cc1OC. The molecule has 0 amide bonds. The Morgan fingerprint density at radius 2 is 2.17 bits per heavy atom. The van der Waals surface area contributed by atoms with E-state index in [0.717, 1.165) is 24.1 Å². The van der Waals surface area contributed by atoms with Gasteiger partial charge in [0.1, 0.15) is 6.61 Å². The lowest BCUT2D eigenvalue weighted by Crippen LogP contribution is -2.15. The van der Waals surface area contributed by atoms with E-state index < -0.39 is 0 Å². The van der Waals surface area contributed by atoms with Crippen LogP contribution in [0.3, 0.4) is 0 Å². The molecule has 3 heteroatoms. The average Bonchev–Trinajstić information content (AvgIpc) is 3.21. The Labute approximate surface area is 109 Å². The van der Waals surface area contributed by atoms with E-state index in [1.165, 1.54) is 18.4 Å². The van der Waals surface area contributed by atoms with Crippen molar-refractivity contribution in [1.29, 1.82) is 0 Å². The number of allylic oxidation sites excluding steroid dienone is 1. The quantitative estimate of drug-likeness (QED) is 0.751. The van der Waals surface area contributed by atoms with E-state index in [9.17, 15) is 0 Å². The third-order valence-electron chi connectivity index (χ3n) is 2.97. The standard InChI is InChI=1S/C15H21NO2/c1-3-4-9-18-14-8-5-12(10-15(14)17-2)11-16-13-6-7-13/h3-5,8,10,13,16H,6-7,9,11H2,1-2H3/b4-3+. The maximum atomic E-state index is 5.63. The largest absolute Gasteiger partial charge is 0.493 e. The zero-order chi connectivity index (χ0) is 12.8. The first-order chi connectivity index (χ1) is 8.83. The van der Waals surface area contributed by atoms with Crippen molar-refractivity contribution in [3.05, 3.63) is 35.9 Å². The van der Waals surface area contributed by atoms with Crippen LogP contribution in [0.4, 0.5) is 0 Å². The molecule has 0 bridgehead atoms. The Bertz CT molecular complexity index is 411. The van der Waals surface area contributed by atoms with Gasteiger partial charge in [0.05, 0.1) is 7.11 Å². The predicted octanol–water partition coefficient (Wildman–Crippen LogP) is 2.90. The highest BCUT2D eigenvalue weighted by atomic mass is 16.5. The van der Waals surface area contributed by atoms with E-state index in [4.69, 9.17) is 9.47 Å². The average molecular weight is 247 g/mol. The molecule has 1 aliphatic rings. The fourth-order valence-electron chi connectivity index (χ4n) is 1.72. The number of benzene rings is 1. The monoisotopic (exact) mass is 247 g/mol. The van der Waals surface area contributed by atoms with E-state index >= 15 is 0 Å². The molecule has 98 valence electrons. The molecule has 0 heterocycles. The molecule has 0 spiro atoms. The van der Waals surface area contributed by atoms with Crippen LogP contribution in [0.2, 0.25) is 0 Å². The first kappa shape index (κ1) is 13.0. The number of hydrogen-bond donors (Lipinski definition) is 1. The molecule has 0 saturated heterocycles. The highest BCUT2D eigenvalue weighted by Crippen LogP contribution is 2.28. The maximum Gasteiger partial charge on any atom is 0.161 e. The minimum Gasteiger partial charge on any atom is -0.493 e. The van der Waals surface area contributed by atoms with Gasteiger partial charge in [-0.1, -0.05) is 18.2 Å². The van der Waals surface area contributed by atoms with Crippen LogP contribution in [0, 0.1) is 0 Å². The van der Waals surface area contributed by atoms with Gasteiger partial charge >= 0.3 is 0 Å². The summed E-state index contributed by atoms with van der Waals surface area (Å²) < 4.78 is 11.0. The molecular formula is C15H21NO2. The van der Waals surface area contributed by atoms with Crippen LogP contribution in [-0.2, 0) is 6.54 Å². The highest BCUT2D eigenvalue weighted by molar-refractivity contribution is 5.43. The first-order valence-electron chi connectivity index (χ1n) is 6.47. The molecular weight excluding hydrogens is 226 g/mol. The molecule has 0 radical (unpaired) electrons. The molecule has 1 aromatic carbocycles. The molecule has 0 unspecified atom stereocenters. The molecule has 0 atom stereocenters. The molecule has 1 N–H and O–H groups in total. The van der Waals surface area contributed by atoms with Crippen LogP contribution in [-0.4, -0.2) is 19.8 Å². The summed E-state index contributed by atoms with van der Waals surface area (Å²) in [4.78, 5) is 0. The number of ether oxygens (including phenoxy) is 2. The van der Waals surface area contributed by atoms with Crippen molar-refractivity contribution in [1.82, 2.24) is 5.32 Å². The summed E-state index contributed by atoms with van der Waals surface area (Å²) in [5.74, 6) is 1.60. The van der Waals surface area contributed by atoms with Gasteiger partial charge in [0.25, 0.3) is 0 Å². The number of hydrogen-bond acceptors (Lipinski definition) is 3. The molecule has 1 saturated carbocycles. The predicted molar refractivity (Wildman–Crippen MR) is 73.2 cm³/mol. The fourth-order valence-corrected chi connectivity index (χ4v) is 1.72. The minimum atomic E-state index is 0.576. The van der Waals surface area contributed by atoms with Gasteiger partial charge in [0, 0.05) is 12.6 Å². The van der Waals surface area contributed by atoms with Gasteiger partial charge in [-0.2, -0.15) is 0 Å². The topological polar surface area (TPSA) is 30.5 Å². The highest BCUT2D eigenvalue weighted by Gasteiger charge is 2.20. The Hall–Kier alpha value is -1.48. The molecule has 0 aromatic heterocycles. The Balaban J connectivity index is 1.96. The van der Waals surface area contributed by atoms with Crippen molar-refractivity contribution in [3.8, 4) is 11.5 Å². The summed E-state index contributed by atoms with van der Waals surface area (Å²) in [7, 11) is 1.68. The van der Waals surface area contributed by atoms with Crippen molar-refractivity contribution in [2.24, 2.45) is 0 Å². The molecule has 1 fully saturated rings. The Morgan fingerprint density at radius 1 is 1.33 bits per heavy atom. The van der Waals surface area contributed by atoms with Crippen molar-refractivity contribution in [2.75, 3.05) is 13.7 Å². The third kappa shape index (κ3) is 3.77. The molecule has 3 nitrogen and oxygen atoms in total. The molecule has 18 heavy (non-hydrogen) atoms. The van der Waals surface area contributed by atoms with E-state index in [1.807, 2.05) is 31.2 Å². The first-order valence-corrected chi connectivity index (χ1v) is 6.47. The minimum absolute atomic E-state index is 0.576. The van der Waals surface area contributed by atoms with Crippen molar-refractivity contribution >= 4 is 0 Å². The van der Waals surface area contributed by atoms with E-state index in [1.54, 1.807) is 7.11 Å². The number of rotatable bonds is 7. The second kappa shape index (κ2) is 6.45. The van der Waals surface area contributed by atoms with E-state index in [2.05, 4.69) is 11.4 Å². The van der Waals surface area contributed by atoms with Gasteiger partial charge in [-0.05, 0) is 37.5 Å². The van der Waals surface area contributed by atoms with E-state index in [-0.39, 0.29) is 0 Å². The lowest BCUT2D eigenvalue weighted by atomic mass is 10.2. The van der Waals surface area contributed by atoms with Crippen molar-refractivity contribution in [2.45, 2.75) is 32.4 Å². The van der Waals surface area contributed by atoms with Crippen LogP contribution in [0.1, 0.15) is 25.3 Å². The van der Waals surface area contributed by atoms with Gasteiger partial charge in [0.2, 0.25) is 0 Å². The summed E-state index contributed by atoms with van der Waals surface area (Å²) in [6.45, 7) is 3.45. The van der Waals surface area contributed by atoms with Crippen molar-refractivity contribution < 1.29 is 9.47 Å². The van der Waals surface area contributed by atoms with Gasteiger partial charge in [-0.25, -0.2) is 0 Å². The third-order valence-corrected chi connectivity index (χ3v) is 2.97. The maximum absolute atomic E-state index is 5.63. The summed E-state index contributed by atoms with van der Waals surface area (Å²) in [5.41, 5.74) is 1.23. The lowest BCUT2D eigenvalue weighted by molar-refractivity contribution is 0.326. The van der Waals surface area contributed by atoms with Crippen LogP contribution in [0.15, 0.2) is 30.4 Å². The van der Waals surface area contributed by atoms with Crippen LogP contribution in [0.5, 0.6) is 11.5 Å². The number of methoxy groups -OCH3 is 1. The van der Waals surface area contributed by atoms with Crippen LogP contribution < -0.4 is 14.8 Å². The molecule has 1 aliphatic carbocycles. The van der Waals surface area contributed by atoms with Gasteiger partial charge in [0.15, 0.2) is 11.5 Å². The zero-order valence-electron chi connectivity index (χ0n) is 11.1. The fraction of sp³-hybridized carbons (Fsp3) is 0.467. The summed E-state index contributed by atoms with van der Waals surface area (Å²) in [5, 5.41) is 3.49. The molecule has 1 aromatic rings. The van der Waals surface area contributed by atoms with Gasteiger partial charge in [-0.3, -0.25) is 0 Å². The summed E-state index contributed by atoms with van der Waals surface area (Å²) in [6, 6.07) is 6.83. The Kier molecular flexibility index (Phi) is 4.65. The van der Waals surface area contributed by atoms with Crippen LogP contribution in [0.25, 0.3) is 0 Å². The Morgan fingerprint density at radius 3 is 2.83 bits per heavy atom. The second-order valence-electron chi connectivity index (χ2n) is 4.52. The molecule has 0 aliphatic heterocycles. The van der Waals surface area contributed by atoms with Gasteiger partial charge in [-0.15, -0.1) is 0 Å². The molecule has 2 rings (SSSR count). The zero-order valence-corrected chi connectivity index (χ0v) is 11.1.